The molecule has 0 radical (unpaired) electrons. The molecule has 1 aliphatic carbocycles. The maximum absolute atomic E-state index is 13.3. The molecule has 1 N–H and O–H groups in total. The van der Waals surface area contributed by atoms with Gasteiger partial charge in [-0.1, -0.05) is 88.7 Å². The average molecular weight is 552 g/mol. The molecule has 2 fully saturated rings. The third-order valence-electron chi connectivity index (χ3n) is 9.77. The molecule has 2 unspecified atom stereocenters. The lowest BCUT2D eigenvalue weighted by molar-refractivity contribution is -0.143. The minimum Gasteiger partial charge on any atom is -0.513 e. The molecule has 1 aliphatic heterocycles. The van der Waals surface area contributed by atoms with Crippen LogP contribution in [0, 0.1) is 23.7 Å². The Balaban J connectivity index is 1.20. The topological polar surface area (TPSA) is 66.3 Å². The number of likely N-dealkylation sites (tertiary alicyclic amines) is 1. The number of rotatable bonds is 10. The largest absolute Gasteiger partial charge is 0.513 e. The monoisotopic (exact) mass is 551 g/mol. The molecule has 2 heterocycles. The van der Waals surface area contributed by atoms with Gasteiger partial charge in [-0.05, 0) is 66.5 Å². The highest BCUT2D eigenvalue weighted by atomic mass is 16.3. The standard InChI is InChI=1S/C36H45N3O2/c1-5-24(3)34(36(41)39-22-33(23-39)25(4)40)19-27-9-13-31(14-10-27)35-37-20-32(21-38-35)30-17-15-29(16-18-30)28-11-7-26(6-2)8-12-28/h9-10,13-18,20-21,24,26,28,33-34,40H,4-8,11-12,19,22-23H2,1-3H3/t24?,26-,28-,34?. The van der Waals surface area contributed by atoms with Gasteiger partial charge in [-0.2, -0.15) is 0 Å². The molecule has 5 rings (SSSR count). The molecule has 0 bridgehead atoms. The first-order valence-corrected chi connectivity index (χ1v) is 15.5. The summed E-state index contributed by atoms with van der Waals surface area (Å²) in [5.74, 6) is 2.89. The Morgan fingerprint density at radius 3 is 2.10 bits per heavy atom. The van der Waals surface area contributed by atoms with Crippen LogP contribution in [0.3, 0.4) is 0 Å². The molecule has 216 valence electrons. The van der Waals surface area contributed by atoms with Crippen molar-refractivity contribution < 1.29 is 9.90 Å². The van der Waals surface area contributed by atoms with Crippen molar-refractivity contribution in [1.82, 2.24) is 14.9 Å². The third-order valence-corrected chi connectivity index (χ3v) is 9.77. The van der Waals surface area contributed by atoms with Gasteiger partial charge >= 0.3 is 0 Å². The summed E-state index contributed by atoms with van der Waals surface area (Å²) in [6, 6.07) is 17.3. The van der Waals surface area contributed by atoms with Crippen molar-refractivity contribution in [3.05, 3.63) is 84.4 Å². The smallest absolute Gasteiger partial charge is 0.226 e. The van der Waals surface area contributed by atoms with Crippen LogP contribution in [0.4, 0.5) is 0 Å². The van der Waals surface area contributed by atoms with Crippen LogP contribution in [0.2, 0.25) is 0 Å². The van der Waals surface area contributed by atoms with E-state index in [0.29, 0.717) is 31.3 Å². The molecule has 2 aliphatic rings. The van der Waals surface area contributed by atoms with Crippen molar-refractivity contribution in [2.75, 3.05) is 13.1 Å². The fraction of sp³-hybridized carbons (Fsp3) is 0.472. The molecule has 1 saturated carbocycles. The Labute approximate surface area is 245 Å². The van der Waals surface area contributed by atoms with Crippen LogP contribution in [0.25, 0.3) is 22.5 Å². The lowest BCUT2D eigenvalue weighted by atomic mass is 9.78. The fourth-order valence-corrected chi connectivity index (χ4v) is 6.44. The van der Waals surface area contributed by atoms with Gasteiger partial charge in [0.2, 0.25) is 5.91 Å². The van der Waals surface area contributed by atoms with Crippen LogP contribution in [0.5, 0.6) is 0 Å². The van der Waals surface area contributed by atoms with Crippen LogP contribution in [0.15, 0.2) is 73.3 Å². The van der Waals surface area contributed by atoms with E-state index in [1.165, 1.54) is 37.7 Å². The van der Waals surface area contributed by atoms with Crippen LogP contribution >= 0.6 is 0 Å². The van der Waals surface area contributed by atoms with Crippen molar-refractivity contribution in [3.63, 3.8) is 0 Å². The van der Waals surface area contributed by atoms with Crippen molar-refractivity contribution in [2.24, 2.45) is 23.7 Å². The molecule has 1 amide bonds. The van der Waals surface area contributed by atoms with Crippen molar-refractivity contribution in [2.45, 2.75) is 71.6 Å². The SMILES string of the molecule is C=C(O)C1CN(C(=O)C(Cc2ccc(-c3ncc(-c4ccc([C@H]5CC[C@H](CC)CC5)cc4)cn3)cc2)C(C)CC)C1. The van der Waals surface area contributed by atoms with E-state index < -0.39 is 0 Å². The van der Waals surface area contributed by atoms with E-state index in [2.05, 4.69) is 85.8 Å². The maximum atomic E-state index is 13.3. The number of benzene rings is 2. The molecule has 5 nitrogen and oxygen atoms in total. The number of carbonyl (C=O) groups excluding carboxylic acids is 1. The quantitative estimate of drug-likeness (QED) is 0.258. The molecular formula is C36H45N3O2. The number of nitrogens with zero attached hydrogens (tertiary/aromatic N) is 3. The lowest BCUT2D eigenvalue weighted by Gasteiger charge is -2.41. The van der Waals surface area contributed by atoms with Crippen LogP contribution in [-0.4, -0.2) is 39.0 Å². The average Bonchev–Trinajstić information content (AvgIpc) is 2.99. The summed E-state index contributed by atoms with van der Waals surface area (Å²) in [5.41, 5.74) is 5.74. The normalized spacial score (nSPS) is 20.7. The Bertz CT molecular complexity index is 1300. The Morgan fingerprint density at radius 2 is 1.54 bits per heavy atom. The van der Waals surface area contributed by atoms with E-state index in [9.17, 15) is 9.90 Å². The van der Waals surface area contributed by atoms with Crippen molar-refractivity contribution in [1.29, 1.82) is 0 Å². The summed E-state index contributed by atoms with van der Waals surface area (Å²) in [4.78, 5) is 24.5. The Hall–Kier alpha value is -3.47. The molecule has 0 spiro atoms. The highest BCUT2D eigenvalue weighted by Gasteiger charge is 2.37. The first-order valence-electron chi connectivity index (χ1n) is 15.5. The second-order valence-electron chi connectivity index (χ2n) is 12.4. The first kappa shape index (κ1) is 29.0. The number of aliphatic hydroxyl groups is 1. The molecule has 3 aromatic rings. The predicted molar refractivity (Wildman–Crippen MR) is 166 cm³/mol. The maximum Gasteiger partial charge on any atom is 0.226 e. The van der Waals surface area contributed by atoms with Gasteiger partial charge in [0, 0.05) is 42.5 Å². The number of carbonyl (C=O) groups is 1. The van der Waals surface area contributed by atoms with Gasteiger partial charge in [-0.25, -0.2) is 9.97 Å². The zero-order valence-corrected chi connectivity index (χ0v) is 24.9. The van der Waals surface area contributed by atoms with Gasteiger partial charge in [0.15, 0.2) is 5.82 Å². The van der Waals surface area contributed by atoms with Gasteiger partial charge in [0.05, 0.1) is 11.7 Å². The number of hydrogen-bond acceptors (Lipinski definition) is 4. The van der Waals surface area contributed by atoms with E-state index >= 15 is 0 Å². The highest BCUT2D eigenvalue weighted by Crippen LogP contribution is 2.37. The Morgan fingerprint density at radius 1 is 0.927 bits per heavy atom. The second kappa shape index (κ2) is 13.0. The van der Waals surface area contributed by atoms with Gasteiger partial charge in [-0.15, -0.1) is 0 Å². The zero-order valence-electron chi connectivity index (χ0n) is 24.9. The summed E-state index contributed by atoms with van der Waals surface area (Å²) < 4.78 is 0. The summed E-state index contributed by atoms with van der Waals surface area (Å²) in [6.45, 7) is 11.4. The van der Waals surface area contributed by atoms with E-state index in [4.69, 9.17) is 0 Å². The molecule has 1 aromatic heterocycles. The molecule has 1 saturated heterocycles. The van der Waals surface area contributed by atoms with Gasteiger partial charge in [0.25, 0.3) is 0 Å². The van der Waals surface area contributed by atoms with Crippen LogP contribution < -0.4 is 0 Å². The van der Waals surface area contributed by atoms with Gasteiger partial charge < -0.3 is 10.0 Å². The van der Waals surface area contributed by atoms with Gasteiger partial charge in [-0.3, -0.25) is 4.79 Å². The lowest BCUT2D eigenvalue weighted by Crippen LogP contribution is -2.53. The summed E-state index contributed by atoms with van der Waals surface area (Å²) in [6.07, 6.45) is 12.1. The highest BCUT2D eigenvalue weighted by molar-refractivity contribution is 5.80. The zero-order chi connectivity index (χ0) is 28.9. The van der Waals surface area contributed by atoms with Crippen molar-refractivity contribution in [3.8, 4) is 22.5 Å². The molecular weight excluding hydrogens is 506 g/mol. The predicted octanol–water partition coefficient (Wildman–Crippen LogP) is 8.23. The van der Waals surface area contributed by atoms with E-state index in [1.54, 1.807) is 0 Å². The molecule has 2 atom stereocenters. The fourth-order valence-electron chi connectivity index (χ4n) is 6.44. The first-order chi connectivity index (χ1) is 19.9. The van der Waals surface area contributed by atoms with E-state index in [0.717, 1.165) is 34.6 Å². The molecule has 5 heteroatoms. The van der Waals surface area contributed by atoms with Crippen LogP contribution in [-0.2, 0) is 11.2 Å². The van der Waals surface area contributed by atoms with Crippen molar-refractivity contribution >= 4 is 5.91 Å². The number of aromatic nitrogens is 2. The minimum atomic E-state index is -0.0768. The minimum absolute atomic E-state index is 0.0110. The second-order valence-corrected chi connectivity index (χ2v) is 12.4. The number of amides is 1. The van der Waals surface area contributed by atoms with Crippen LogP contribution in [0.1, 0.15) is 76.3 Å². The summed E-state index contributed by atoms with van der Waals surface area (Å²) >= 11 is 0. The van der Waals surface area contributed by atoms with E-state index in [-0.39, 0.29) is 29.4 Å². The summed E-state index contributed by atoms with van der Waals surface area (Å²) in [5, 5.41) is 9.62. The van der Waals surface area contributed by atoms with E-state index in [1.807, 2.05) is 17.3 Å². The third kappa shape index (κ3) is 6.72. The Kier molecular flexibility index (Phi) is 9.22. The number of aliphatic hydroxyl groups excluding tert-OH is 1. The molecule has 41 heavy (non-hydrogen) atoms. The molecule has 2 aromatic carbocycles. The number of hydrogen-bond donors (Lipinski definition) is 1. The summed E-state index contributed by atoms with van der Waals surface area (Å²) in [7, 11) is 0. The van der Waals surface area contributed by atoms with Gasteiger partial charge in [0.1, 0.15) is 0 Å².